The van der Waals surface area contributed by atoms with Crippen LogP contribution in [0.1, 0.15) is 11.1 Å². The molecule has 1 aromatic carbocycles. The zero-order valence-corrected chi connectivity index (χ0v) is 11.1. The van der Waals surface area contributed by atoms with E-state index in [0.717, 1.165) is 9.92 Å². The Morgan fingerprint density at radius 3 is 2.71 bits per heavy atom. The highest BCUT2D eigenvalue weighted by Gasteiger charge is 2.02. The van der Waals surface area contributed by atoms with Crippen molar-refractivity contribution in [2.24, 2.45) is 5.73 Å². The monoisotopic (exact) mass is 264 g/mol. The Bertz CT molecular complexity index is 511. The zero-order valence-electron chi connectivity index (χ0n) is 9.48. The average Bonchev–Trinajstić information content (AvgIpc) is 2.32. The van der Waals surface area contributed by atoms with Crippen molar-refractivity contribution in [1.82, 2.24) is 4.98 Å². The van der Waals surface area contributed by atoms with Gasteiger partial charge in [0, 0.05) is 17.6 Å². The summed E-state index contributed by atoms with van der Waals surface area (Å²) in [6.45, 7) is 2.65. The molecule has 0 bridgehead atoms. The molecule has 2 rings (SSSR count). The molecule has 0 unspecified atom stereocenters. The molecule has 0 saturated heterocycles. The Morgan fingerprint density at radius 2 is 2.12 bits per heavy atom. The number of aryl methyl sites for hydroxylation is 1. The summed E-state index contributed by atoms with van der Waals surface area (Å²) in [5.41, 5.74) is 8.03. The first-order valence-electron chi connectivity index (χ1n) is 5.28. The summed E-state index contributed by atoms with van der Waals surface area (Å²) >= 11 is 7.41. The van der Waals surface area contributed by atoms with Gasteiger partial charge >= 0.3 is 0 Å². The lowest BCUT2D eigenvalue weighted by Crippen LogP contribution is -1.98. The number of benzene rings is 1. The van der Waals surface area contributed by atoms with Crippen molar-refractivity contribution in [1.29, 1.82) is 0 Å². The van der Waals surface area contributed by atoms with Crippen LogP contribution in [0, 0.1) is 6.92 Å². The van der Waals surface area contributed by atoms with E-state index in [1.54, 1.807) is 18.0 Å². The summed E-state index contributed by atoms with van der Waals surface area (Å²) in [7, 11) is 0. The van der Waals surface area contributed by atoms with Gasteiger partial charge in [-0.25, -0.2) is 4.98 Å². The standard InChI is InChI=1S/C13H13ClN2S/c1-9-6-12(4-2-10(9)7-15)17-13-5-3-11(14)8-16-13/h2-6,8H,7,15H2,1H3. The molecular weight excluding hydrogens is 252 g/mol. The lowest BCUT2D eigenvalue weighted by Gasteiger charge is -2.06. The molecule has 1 aromatic heterocycles. The van der Waals surface area contributed by atoms with Crippen molar-refractivity contribution in [3.05, 3.63) is 52.7 Å². The van der Waals surface area contributed by atoms with E-state index in [1.807, 2.05) is 12.1 Å². The number of halogens is 1. The van der Waals surface area contributed by atoms with E-state index >= 15 is 0 Å². The minimum absolute atomic E-state index is 0.579. The van der Waals surface area contributed by atoms with Crippen molar-refractivity contribution < 1.29 is 0 Å². The Morgan fingerprint density at radius 1 is 1.29 bits per heavy atom. The molecule has 4 heteroatoms. The third-order valence-corrected chi connectivity index (χ3v) is 3.62. The van der Waals surface area contributed by atoms with Gasteiger partial charge in [-0.1, -0.05) is 29.4 Å². The van der Waals surface area contributed by atoms with E-state index in [2.05, 4.69) is 30.1 Å². The number of aromatic nitrogens is 1. The van der Waals surface area contributed by atoms with E-state index in [-0.39, 0.29) is 0 Å². The fourth-order valence-electron chi connectivity index (χ4n) is 1.50. The first-order chi connectivity index (χ1) is 8.19. The fraction of sp³-hybridized carbons (Fsp3) is 0.154. The number of hydrogen-bond acceptors (Lipinski definition) is 3. The Kier molecular flexibility index (Phi) is 4.05. The van der Waals surface area contributed by atoms with Crippen LogP contribution in [0.3, 0.4) is 0 Å². The maximum absolute atomic E-state index is 5.79. The Labute approximate surface area is 110 Å². The van der Waals surface area contributed by atoms with Gasteiger partial charge in [0.25, 0.3) is 0 Å². The van der Waals surface area contributed by atoms with Crippen LogP contribution in [-0.4, -0.2) is 4.98 Å². The molecule has 0 spiro atoms. The second-order valence-electron chi connectivity index (χ2n) is 3.71. The van der Waals surface area contributed by atoms with Crippen molar-refractivity contribution >= 4 is 23.4 Å². The maximum Gasteiger partial charge on any atom is 0.101 e. The van der Waals surface area contributed by atoms with Crippen LogP contribution in [0.2, 0.25) is 5.02 Å². The largest absolute Gasteiger partial charge is 0.326 e. The number of pyridine rings is 1. The van der Waals surface area contributed by atoms with Gasteiger partial charge in [0.1, 0.15) is 5.03 Å². The Hall–Kier alpha value is -1.03. The predicted octanol–water partition coefficient (Wildman–Crippen LogP) is 3.65. The van der Waals surface area contributed by atoms with Crippen LogP contribution < -0.4 is 5.73 Å². The van der Waals surface area contributed by atoms with E-state index in [0.29, 0.717) is 11.6 Å². The van der Waals surface area contributed by atoms with E-state index < -0.39 is 0 Å². The lowest BCUT2D eigenvalue weighted by atomic mass is 10.1. The third kappa shape index (κ3) is 3.22. The van der Waals surface area contributed by atoms with Crippen molar-refractivity contribution in [2.75, 3.05) is 0 Å². The second kappa shape index (κ2) is 5.54. The highest BCUT2D eigenvalue weighted by atomic mass is 35.5. The summed E-state index contributed by atoms with van der Waals surface area (Å²) in [4.78, 5) is 5.41. The van der Waals surface area contributed by atoms with Crippen LogP contribution in [-0.2, 0) is 6.54 Å². The minimum atomic E-state index is 0.579. The molecule has 17 heavy (non-hydrogen) atoms. The molecule has 0 aliphatic heterocycles. The summed E-state index contributed by atoms with van der Waals surface area (Å²) in [5, 5.41) is 1.60. The minimum Gasteiger partial charge on any atom is -0.326 e. The van der Waals surface area contributed by atoms with E-state index in [4.69, 9.17) is 17.3 Å². The summed E-state index contributed by atoms with van der Waals surface area (Å²) in [6, 6.07) is 10.0. The lowest BCUT2D eigenvalue weighted by molar-refractivity contribution is 1.04. The summed E-state index contributed by atoms with van der Waals surface area (Å²) in [6.07, 6.45) is 1.66. The SMILES string of the molecule is Cc1cc(Sc2ccc(Cl)cn2)ccc1CN. The van der Waals surface area contributed by atoms with E-state index in [9.17, 15) is 0 Å². The van der Waals surface area contributed by atoms with Crippen LogP contribution in [0.4, 0.5) is 0 Å². The van der Waals surface area contributed by atoms with Gasteiger partial charge in [0.05, 0.1) is 5.02 Å². The van der Waals surface area contributed by atoms with Crippen LogP contribution >= 0.6 is 23.4 Å². The molecule has 2 N–H and O–H groups in total. The molecule has 0 aliphatic carbocycles. The van der Waals surface area contributed by atoms with Gasteiger partial charge in [0.15, 0.2) is 0 Å². The molecule has 2 nitrogen and oxygen atoms in total. The van der Waals surface area contributed by atoms with Gasteiger partial charge in [0.2, 0.25) is 0 Å². The fourth-order valence-corrected chi connectivity index (χ4v) is 2.47. The van der Waals surface area contributed by atoms with Crippen LogP contribution in [0.5, 0.6) is 0 Å². The van der Waals surface area contributed by atoms with Crippen molar-refractivity contribution in [2.45, 2.75) is 23.4 Å². The maximum atomic E-state index is 5.79. The molecular formula is C13H13ClN2S. The zero-order chi connectivity index (χ0) is 12.3. The molecule has 1 heterocycles. The highest BCUT2D eigenvalue weighted by molar-refractivity contribution is 7.99. The van der Waals surface area contributed by atoms with Crippen LogP contribution in [0.25, 0.3) is 0 Å². The second-order valence-corrected chi connectivity index (χ2v) is 5.24. The van der Waals surface area contributed by atoms with Gasteiger partial charge in [-0.05, 0) is 42.3 Å². The Balaban J connectivity index is 2.19. The first kappa shape index (κ1) is 12.4. The molecule has 0 fully saturated rings. The molecule has 0 aliphatic rings. The smallest absolute Gasteiger partial charge is 0.101 e. The molecule has 0 atom stereocenters. The molecule has 2 aromatic rings. The topological polar surface area (TPSA) is 38.9 Å². The first-order valence-corrected chi connectivity index (χ1v) is 6.47. The molecule has 88 valence electrons. The average molecular weight is 265 g/mol. The van der Waals surface area contributed by atoms with Crippen LogP contribution in [0.15, 0.2) is 46.5 Å². The number of hydrogen-bond donors (Lipinski definition) is 1. The van der Waals surface area contributed by atoms with Crippen molar-refractivity contribution in [3.8, 4) is 0 Å². The predicted molar refractivity (Wildman–Crippen MR) is 72.4 cm³/mol. The van der Waals surface area contributed by atoms with E-state index in [1.165, 1.54) is 11.1 Å². The van der Waals surface area contributed by atoms with Gasteiger partial charge in [-0.3, -0.25) is 0 Å². The molecule has 0 amide bonds. The molecule has 0 radical (unpaired) electrons. The summed E-state index contributed by atoms with van der Waals surface area (Å²) < 4.78 is 0. The van der Waals surface area contributed by atoms with Gasteiger partial charge in [-0.15, -0.1) is 0 Å². The van der Waals surface area contributed by atoms with Gasteiger partial charge < -0.3 is 5.73 Å². The normalized spacial score (nSPS) is 10.5. The van der Waals surface area contributed by atoms with Crippen molar-refractivity contribution in [3.63, 3.8) is 0 Å². The summed E-state index contributed by atoms with van der Waals surface area (Å²) in [5.74, 6) is 0. The number of nitrogens with zero attached hydrogens (tertiary/aromatic N) is 1. The number of rotatable bonds is 3. The third-order valence-electron chi connectivity index (χ3n) is 2.46. The van der Waals surface area contributed by atoms with Gasteiger partial charge in [-0.2, -0.15) is 0 Å². The highest BCUT2D eigenvalue weighted by Crippen LogP contribution is 2.28. The number of nitrogens with two attached hydrogens (primary N) is 1. The quantitative estimate of drug-likeness (QED) is 0.920. The molecule has 0 saturated carbocycles.